The van der Waals surface area contributed by atoms with Crippen molar-refractivity contribution in [1.29, 1.82) is 0 Å². The first-order valence-electron chi connectivity index (χ1n) is 4.77. The van der Waals surface area contributed by atoms with Crippen LogP contribution >= 0.6 is 0 Å². The van der Waals surface area contributed by atoms with Crippen LogP contribution in [0.2, 0.25) is 0 Å². The second-order valence-electron chi connectivity index (χ2n) is 3.60. The number of furan rings is 1. The molecule has 0 aliphatic heterocycles. The van der Waals surface area contributed by atoms with Gasteiger partial charge < -0.3 is 4.42 Å². The second-order valence-corrected chi connectivity index (χ2v) is 3.60. The molecule has 0 aliphatic rings. The SMILES string of the molecule is CC(C)c1cc(-c2ccco2)ccn1. The summed E-state index contributed by atoms with van der Waals surface area (Å²) in [7, 11) is 0. The van der Waals surface area contributed by atoms with Gasteiger partial charge in [-0.3, -0.25) is 4.98 Å². The summed E-state index contributed by atoms with van der Waals surface area (Å²) in [6.45, 7) is 4.27. The molecule has 0 radical (unpaired) electrons. The molecule has 0 unspecified atom stereocenters. The molecule has 0 aliphatic carbocycles. The molecule has 0 bridgehead atoms. The van der Waals surface area contributed by atoms with Crippen molar-refractivity contribution in [3.63, 3.8) is 0 Å². The van der Waals surface area contributed by atoms with Crippen molar-refractivity contribution in [3.05, 3.63) is 42.4 Å². The number of hydrogen-bond acceptors (Lipinski definition) is 2. The molecule has 14 heavy (non-hydrogen) atoms. The number of hydrogen-bond donors (Lipinski definition) is 0. The van der Waals surface area contributed by atoms with Gasteiger partial charge in [-0.1, -0.05) is 13.8 Å². The van der Waals surface area contributed by atoms with Crippen molar-refractivity contribution < 1.29 is 4.42 Å². The second kappa shape index (κ2) is 3.66. The average molecular weight is 187 g/mol. The minimum Gasteiger partial charge on any atom is -0.464 e. The third kappa shape index (κ3) is 1.69. The smallest absolute Gasteiger partial charge is 0.133 e. The van der Waals surface area contributed by atoms with E-state index in [-0.39, 0.29) is 0 Å². The van der Waals surface area contributed by atoms with Gasteiger partial charge in [-0.25, -0.2) is 0 Å². The van der Waals surface area contributed by atoms with Gasteiger partial charge in [0.1, 0.15) is 5.76 Å². The lowest BCUT2D eigenvalue weighted by Gasteiger charge is -2.04. The zero-order valence-corrected chi connectivity index (χ0v) is 8.40. The summed E-state index contributed by atoms with van der Waals surface area (Å²) in [6.07, 6.45) is 3.51. The van der Waals surface area contributed by atoms with Crippen molar-refractivity contribution in [3.8, 4) is 11.3 Å². The Kier molecular flexibility index (Phi) is 2.35. The molecule has 2 rings (SSSR count). The van der Waals surface area contributed by atoms with E-state index in [2.05, 4.69) is 24.9 Å². The van der Waals surface area contributed by atoms with Crippen LogP contribution < -0.4 is 0 Å². The molecule has 2 heteroatoms. The van der Waals surface area contributed by atoms with Crippen LogP contribution in [0.4, 0.5) is 0 Å². The van der Waals surface area contributed by atoms with Gasteiger partial charge in [-0.15, -0.1) is 0 Å². The van der Waals surface area contributed by atoms with Crippen molar-refractivity contribution >= 4 is 0 Å². The van der Waals surface area contributed by atoms with Gasteiger partial charge in [0.05, 0.1) is 6.26 Å². The van der Waals surface area contributed by atoms with Crippen LogP contribution in [0.25, 0.3) is 11.3 Å². The van der Waals surface area contributed by atoms with Crippen LogP contribution in [0, 0.1) is 0 Å². The number of rotatable bonds is 2. The van der Waals surface area contributed by atoms with Gasteiger partial charge in [-0.05, 0) is 30.2 Å². The van der Waals surface area contributed by atoms with Gasteiger partial charge >= 0.3 is 0 Å². The average Bonchev–Trinajstić information content (AvgIpc) is 2.71. The van der Waals surface area contributed by atoms with Gasteiger partial charge in [0.25, 0.3) is 0 Å². The summed E-state index contributed by atoms with van der Waals surface area (Å²) in [5, 5.41) is 0. The quantitative estimate of drug-likeness (QED) is 0.719. The summed E-state index contributed by atoms with van der Waals surface area (Å²) in [5.41, 5.74) is 2.19. The summed E-state index contributed by atoms with van der Waals surface area (Å²) >= 11 is 0. The highest BCUT2D eigenvalue weighted by atomic mass is 16.3. The molecule has 2 aromatic rings. The Hall–Kier alpha value is -1.57. The lowest BCUT2D eigenvalue weighted by molar-refractivity contribution is 0.582. The maximum atomic E-state index is 5.33. The largest absolute Gasteiger partial charge is 0.464 e. The van der Waals surface area contributed by atoms with E-state index in [1.165, 1.54) is 0 Å². The first kappa shape index (κ1) is 9.00. The van der Waals surface area contributed by atoms with E-state index in [9.17, 15) is 0 Å². The molecule has 2 nitrogen and oxygen atoms in total. The van der Waals surface area contributed by atoms with Crippen molar-refractivity contribution in [1.82, 2.24) is 4.98 Å². The van der Waals surface area contributed by atoms with E-state index in [4.69, 9.17) is 4.42 Å². The Labute approximate surface area is 83.6 Å². The molecule has 0 amide bonds. The lowest BCUT2D eigenvalue weighted by Crippen LogP contribution is -1.91. The molecule has 0 saturated heterocycles. The van der Waals surface area contributed by atoms with Crippen LogP contribution in [0.3, 0.4) is 0 Å². The molecule has 0 spiro atoms. The monoisotopic (exact) mass is 187 g/mol. The van der Waals surface area contributed by atoms with Gasteiger partial charge in [0, 0.05) is 17.5 Å². The van der Waals surface area contributed by atoms with Crippen molar-refractivity contribution in [2.24, 2.45) is 0 Å². The van der Waals surface area contributed by atoms with Crippen LogP contribution in [-0.2, 0) is 0 Å². The zero-order chi connectivity index (χ0) is 9.97. The number of aromatic nitrogens is 1. The topological polar surface area (TPSA) is 26.0 Å². The Balaban J connectivity index is 2.41. The third-order valence-electron chi connectivity index (χ3n) is 2.18. The predicted octanol–water partition coefficient (Wildman–Crippen LogP) is 3.47. The highest BCUT2D eigenvalue weighted by Gasteiger charge is 2.04. The van der Waals surface area contributed by atoms with E-state index in [0.29, 0.717) is 5.92 Å². The fraction of sp³-hybridized carbons (Fsp3) is 0.250. The maximum absolute atomic E-state index is 5.33. The Bertz CT molecular complexity index is 404. The predicted molar refractivity (Wildman–Crippen MR) is 56.0 cm³/mol. The molecular formula is C12H13NO. The van der Waals surface area contributed by atoms with E-state index in [1.54, 1.807) is 6.26 Å². The van der Waals surface area contributed by atoms with Crippen molar-refractivity contribution in [2.75, 3.05) is 0 Å². The van der Waals surface area contributed by atoms with E-state index >= 15 is 0 Å². The summed E-state index contributed by atoms with van der Waals surface area (Å²) < 4.78 is 5.33. The molecule has 0 N–H and O–H groups in total. The molecule has 0 saturated carbocycles. The van der Waals surface area contributed by atoms with E-state index in [0.717, 1.165) is 17.0 Å². The first-order chi connectivity index (χ1) is 6.77. The summed E-state index contributed by atoms with van der Waals surface area (Å²) in [5.74, 6) is 1.35. The molecule has 2 heterocycles. The van der Waals surface area contributed by atoms with Crippen LogP contribution in [0.5, 0.6) is 0 Å². The fourth-order valence-corrected chi connectivity index (χ4v) is 1.36. The lowest BCUT2D eigenvalue weighted by atomic mass is 10.1. The number of pyridine rings is 1. The normalized spacial score (nSPS) is 10.8. The molecule has 0 aromatic carbocycles. The highest BCUT2D eigenvalue weighted by molar-refractivity contribution is 5.57. The Morgan fingerprint density at radius 2 is 2.14 bits per heavy atom. The first-order valence-corrected chi connectivity index (χ1v) is 4.77. The molecule has 72 valence electrons. The molecule has 2 aromatic heterocycles. The number of nitrogens with zero attached hydrogens (tertiary/aromatic N) is 1. The molecular weight excluding hydrogens is 174 g/mol. The summed E-state index contributed by atoms with van der Waals surface area (Å²) in [4.78, 5) is 4.31. The van der Waals surface area contributed by atoms with Gasteiger partial charge in [-0.2, -0.15) is 0 Å². The van der Waals surface area contributed by atoms with Crippen LogP contribution in [-0.4, -0.2) is 4.98 Å². The van der Waals surface area contributed by atoms with Crippen molar-refractivity contribution in [2.45, 2.75) is 19.8 Å². The molecule has 0 atom stereocenters. The summed E-state index contributed by atoms with van der Waals surface area (Å²) in [6, 6.07) is 7.89. The van der Waals surface area contributed by atoms with Gasteiger partial charge in [0.2, 0.25) is 0 Å². The Morgan fingerprint density at radius 1 is 1.29 bits per heavy atom. The standard InChI is InChI=1S/C12H13NO/c1-9(2)11-8-10(5-6-13-11)12-4-3-7-14-12/h3-9H,1-2H3. The maximum Gasteiger partial charge on any atom is 0.133 e. The van der Waals surface area contributed by atoms with Crippen LogP contribution in [0.15, 0.2) is 41.1 Å². The Morgan fingerprint density at radius 3 is 2.79 bits per heavy atom. The van der Waals surface area contributed by atoms with Gasteiger partial charge in [0.15, 0.2) is 0 Å². The highest BCUT2D eigenvalue weighted by Crippen LogP contribution is 2.22. The minimum absolute atomic E-state index is 0.449. The van der Waals surface area contributed by atoms with E-state index in [1.807, 2.05) is 24.4 Å². The zero-order valence-electron chi connectivity index (χ0n) is 8.40. The fourth-order valence-electron chi connectivity index (χ4n) is 1.36. The molecule has 0 fully saturated rings. The van der Waals surface area contributed by atoms with E-state index < -0.39 is 0 Å². The van der Waals surface area contributed by atoms with Crippen LogP contribution in [0.1, 0.15) is 25.5 Å². The minimum atomic E-state index is 0.449. The third-order valence-corrected chi connectivity index (χ3v) is 2.18.